The summed E-state index contributed by atoms with van der Waals surface area (Å²) in [5.41, 5.74) is 0.918. The molecule has 1 aliphatic rings. The number of nitrogens with one attached hydrogen (secondary N) is 1. The molecule has 0 aliphatic heterocycles. The van der Waals surface area contributed by atoms with Crippen LogP contribution in [0.3, 0.4) is 0 Å². The highest BCUT2D eigenvalue weighted by Gasteiger charge is 2.18. The second-order valence-corrected chi connectivity index (χ2v) is 3.90. The van der Waals surface area contributed by atoms with Gasteiger partial charge in [0.1, 0.15) is 0 Å². The van der Waals surface area contributed by atoms with Gasteiger partial charge in [0, 0.05) is 12.7 Å². The maximum absolute atomic E-state index is 10.9. The van der Waals surface area contributed by atoms with Crippen LogP contribution in [0.15, 0.2) is 18.5 Å². The van der Waals surface area contributed by atoms with Crippen molar-refractivity contribution in [3.63, 3.8) is 0 Å². The molecule has 0 unspecified atom stereocenters. The second kappa shape index (κ2) is 4.29. The molecule has 0 bridgehead atoms. The molecule has 0 atom stereocenters. The van der Waals surface area contributed by atoms with E-state index < -0.39 is 5.97 Å². The Morgan fingerprint density at radius 3 is 3.00 bits per heavy atom. The van der Waals surface area contributed by atoms with Crippen LogP contribution < -0.4 is 5.32 Å². The standard InChI is InChI=1S/C11H14N2O2/c14-11(15)9-4-5-12-7-10(9)13-6-8-2-1-3-8/h4-5,7-8,13H,1-3,6H2,(H,14,15). The van der Waals surface area contributed by atoms with E-state index in [0.717, 1.165) is 6.54 Å². The fourth-order valence-electron chi connectivity index (χ4n) is 1.67. The highest BCUT2D eigenvalue weighted by molar-refractivity contribution is 5.93. The van der Waals surface area contributed by atoms with Crippen molar-refractivity contribution < 1.29 is 9.90 Å². The molecular weight excluding hydrogens is 192 g/mol. The molecule has 1 aliphatic carbocycles. The van der Waals surface area contributed by atoms with Crippen LogP contribution in [-0.4, -0.2) is 22.6 Å². The number of rotatable bonds is 4. The third kappa shape index (κ3) is 2.26. The summed E-state index contributed by atoms with van der Waals surface area (Å²) in [4.78, 5) is 14.8. The van der Waals surface area contributed by atoms with Crippen LogP contribution in [0.5, 0.6) is 0 Å². The van der Waals surface area contributed by atoms with Gasteiger partial charge in [-0.3, -0.25) is 4.98 Å². The fraction of sp³-hybridized carbons (Fsp3) is 0.455. The van der Waals surface area contributed by atoms with Crippen molar-refractivity contribution in [3.8, 4) is 0 Å². The maximum atomic E-state index is 10.9. The molecule has 1 aromatic heterocycles. The topological polar surface area (TPSA) is 62.2 Å². The number of hydrogen-bond acceptors (Lipinski definition) is 3. The lowest BCUT2D eigenvalue weighted by atomic mass is 9.85. The number of pyridine rings is 1. The lowest BCUT2D eigenvalue weighted by Gasteiger charge is -2.26. The smallest absolute Gasteiger partial charge is 0.337 e. The summed E-state index contributed by atoms with van der Waals surface area (Å²) < 4.78 is 0. The molecule has 1 fully saturated rings. The van der Waals surface area contributed by atoms with Crippen molar-refractivity contribution in [2.75, 3.05) is 11.9 Å². The Kier molecular flexibility index (Phi) is 2.85. The molecule has 4 nitrogen and oxygen atoms in total. The zero-order valence-corrected chi connectivity index (χ0v) is 8.44. The van der Waals surface area contributed by atoms with Crippen LogP contribution in [0.1, 0.15) is 29.6 Å². The Labute approximate surface area is 88.3 Å². The van der Waals surface area contributed by atoms with Crippen LogP contribution in [0.25, 0.3) is 0 Å². The van der Waals surface area contributed by atoms with Gasteiger partial charge >= 0.3 is 5.97 Å². The number of carboxylic acids is 1. The highest BCUT2D eigenvalue weighted by Crippen LogP contribution is 2.26. The zero-order chi connectivity index (χ0) is 10.7. The monoisotopic (exact) mass is 206 g/mol. The van der Waals surface area contributed by atoms with E-state index in [1.165, 1.54) is 31.5 Å². The maximum Gasteiger partial charge on any atom is 0.337 e. The number of anilines is 1. The van der Waals surface area contributed by atoms with Gasteiger partial charge in [-0.1, -0.05) is 6.42 Å². The summed E-state index contributed by atoms with van der Waals surface area (Å²) in [7, 11) is 0. The molecule has 15 heavy (non-hydrogen) atoms. The molecule has 4 heteroatoms. The van der Waals surface area contributed by atoms with E-state index in [1.54, 1.807) is 6.20 Å². The number of nitrogens with zero attached hydrogens (tertiary/aromatic N) is 1. The van der Waals surface area contributed by atoms with Crippen LogP contribution in [0.4, 0.5) is 5.69 Å². The molecule has 2 N–H and O–H groups in total. The van der Waals surface area contributed by atoms with E-state index in [0.29, 0.717) is 17.2 Å². The van der Waals surface area contributed by atoms with E-state index >= 15 is 0 Å². The fourth-order valence-corrected chi connectivity index (χ4v) is 1.67. The number of carboxylic acid groups (broad SMARTS) is 1. The van der Waals surface area contributed by atoms with Crippen molar-refractivity contribution in [1.82, 2.24) is 4.98 Å². The normalized spacial score (nSPS) is 15.7. The summed E-state index contributed by atoms with van der Waals surface area (Å²) in [6, 6.07) is 1.52. The van der Waals surface area contributed by atoms with E-state index in [1.807, 2.05) is 0 Å². The van der Waals surface area contributed by atoms with Crippen LogP contribution in [0, 0.1) is 5.92 Å². The minimum absolute atomic E-state index is 0.296. The molecule has 0 amide bonds. The van der Waals surface area contributed by atoms with E-state index in [4.69, 9.17) is 5.11 Å². The quantitative estimate of drug-likeness (QED) is 0.790. The van der Waals surface area contributed by atoms with Gasteiger partial charge in [0.25, 0.3) is 0 Å². The first-order valence-corrected chi connectivity index (χ1v) is 5.18. The molecule has 80 valence electrons. The summed E-state index contributed by atoms with van der Waals surface area (Å²) in [5.74, 6) is -0.208. The Morgan fingerprint density at radius 1 is 1.60 bits per heavy atom. The molecule has 0 radical (unpaired) electrons. The van der Waals surface area contributed by atoms with Gasteiger partial charge in [0.05, 0.1) is 17.4 Å². The Morgan fingerprint density at radius 2 is 2.40 bits per heavy atom. The number of aromatic nitrogens is 1. The first kappa shape index (κ1) is 9.96. The number of carbonyl (C=O) groups is 1. The third-order valence-corrected chi connectivity index (χ3v) is 2.86. The molecule has 1 aromatic rings. The Bertz CT molecular complexity index is 361. The SMILES string of the molecule is O=C(O)c1ccncc1NCC1CCC1. The summed E-state index contributed by atoms with van der Waals surface area (Å²) in [6.45, 7) is 0.853. The molecule has 0 aromatic carbocycles. The predicted octanol–water partition coefficient (Wildman–Crippen LogP) is 1.99. The molecule has 1 heterocycles. The first-order chi connectivity index (χ1) is 7.27. The number of hydrogen-bond donors (Lipinski definition) is 2. The lowest BCUT2D eigenvalue weighted by molar-refractivity contribution is 0.0697. The zero-order valence-electron chi connectivity index (χ0n) is 8.44. The summed E-state index contributed by atoms with van der Waals surface area (Å²) in [6.07, 6.45) is 6.86. The van der Waals surface area contributed by atoms with Crippen molar-refractivity contribution in [3.05, 3.63) is 24.0 Å². The van der Waals surface area contributed by atoms with E-state index in [9.17, 15) is 4.79 Å². The van der Waals surface area contributed by atoms with Gasteiger partial charge in [-0.15, -0.1) is 0 Å². The van der Waals surface area contributed by atoms with Gasteiger partial charge in [-0.2, -0.15) is 0 Å². The largest absolute Gasteiger partial charge is 0.478 e. The summed E-state index contributed by atoms with van der Waals surface area (Å²) in [5, 5.41) is 12.1. The van der Waals surface area contributed by atoms with Crippen molar-refractivity contribution in [2.45, 2.75) is 19.3 Å². The minimum atomic E-state index is -0.909. The highest BCUT2D eigenvalue weighted by atomic mass is 16.4. The van der Waals surface area contributed by atoms with E-state index in [-0.39, 0.29) is 0 Å². The second-order valence-electron chi connectivity index (χ2n) is 3.90. The predicted molar refractivity (Wildman–Crippen MR) is 57.0 cm³/mol. The molecule has 0 spiro atoms. The van der Waals surface area contributed by atoms with E-state index in [2.05, 4.69) is 10.3 Å². The van der Waals surface area contributed by atoms with Gasteiger partial charge in [0.15, 0.2) is 0 Å². The molecular formula is C11H14N2O2. The van der Waals surface area contributed by atoms with Gasteiger partial charge in [-0.25, -0.2) is 4.79 Å². The lowest BCUT2D eigenvalue weighted by Crippen LogP contribution is -2.21. The first-order valence-electron chi connectivity index (χ1n) is 5.18. The molecule has 2 rings (SSSR count). The summed E-state index contributed by atoms with van der Waals surface area (Å²) >= 11 is 0. The van der Waals surface area contributed by atoms with Crippen LogP contribution in [-0.2, 0) is 0 Å². The Hall–Kier alpha value is -1.58. The minimum Gasteiger partial charge on any atom is -0.478 e. The Balaban J connectivity index is 2.02. The van der Waals surface area contributed by atoms with Crippen LogP contribution >= 0.6 is 0 Å². The van der Waals surface area contributed by atoms with Gasteiger partial charge in [0.2, 0.25) is 0 Å². The van der Waals surface area contributed by atoms with Gasteiger partial charge < -0.3 is 10.4 Å². The average Bonchev–Trinajstić information content (AvgIpc) is 2.16. The van der Waals surface area contributed by atoms with Crippen molar-refractivity contribution in [2.24, 2.45) is 5.92 Å². The third-order valence-electron chi connectivity index (χ3n) is 2.86. The van der Waals surface area contributed by atoms with Crippen LogP contribution in [0.2, 0.25) is 0 Å². The average molecular weight is 206 g/mol. The molecule has 1 saturated carbocycles. The van der Waals surface area contributed by atoms with Crippen molar-refractivity contribution >= 4 is 11.7 Å². The molecule has 0 saturated heterocycles. The number of aromatic carboxylic acids is 1. The van der Waals surface area contributed by atoms with Crippen molar-refractivity contribution in [1.29, 1.82) is 0 Å². The van der Waals surface area contributed by atoms with Gasteiger partial charge in [-0.05, 0) is 24.8 Å².